The average Bonchev–Trinajstić information content (AvgIpc) is 3.16. The summed E-state index contributed by atoms with van der Waals surface area (Å²) in [6, 6.07) is 6.20. The van der Waals surface area contributed by atoms with Gasteiger partial charge in [0, 0.05) is 24.8 Å². The molecule has 1 aliphatic heterocycles. The SMILES string of the molecule is CC(=O)c1nn(CC(=O)N2CC(F)C[C@H]2C(=O)NC(C)C)c2ccccc12. The molecule has 0 spiro atoms. The van der Waals surface area contributed by atoms with Gasteiger partial charge in [0.1, 0.15) is 24.5 Å². The number of likely N-dealkylation sites (tertiary alicyclic amines) is 1. The standard InChI is InChI=1S/C19H23FN4O3/c1-11(2)21-19(27)16-8-13(20)9-23(16)17(26)10-24-15-7-5-4-6-14(15)18(22-24)12(3)25/h4-7,11,13,16H,8-10H2,1-3H3,(H,21,27)/t13?,16-/m0/s1. The van der Waals surface area contributed by atoms with Crippen molar-refractivity contribution in [3.63, 3.8) is 0 Å². The van der Waals surface area contributed by atoms with Crippen molar-refractivity contribution in [3.8, 4) is 0 Å². The van der Waals surface area contributed by atoms with E-state index in [1.807, 2.05) is 13.8 Å². The lowest BCUT2D eigenvalue weighted by Crippen LogP contribution is -2.48. The third-order valence-electron chi connectivity index (χ3n) is 4.58. The van der Waals surface area contributed by atoms with Gasteiger partial charge in [0.25, 0.3) is 0 Å². The van der Waals surface area contributed by atoms with Gasteiger partial charge < -0.3 is 10.2 Å². The van der Waals surface area contributed by atoms with E-state index in [0.717, 1.165) is 0 Å². The topological polar surface area (TPSA) is 84.3 Å². The van der Waals surface area contributed by atoms with Crippen molar-refractivity contribution in [2.24, 2.45) is 0 Å². The van der Waals surface area contributed by atoms with E-state index in [-0.39, 0.29) is 42.9 Å². The maximum Gasteiger partial charge on any atom is 0.245 e. The fourth-order valence-electron chi connectivity index (χ4n) is 3.42. The molecule has 2 aromatic rings. The quantitative estimate of drug-likeness (QED) is 0.808. The fourth-order valence-corrected chi connectivity index (χ4v) is 3.42. The molecule has 1 aliphatic rings. The van der Waals surface area contributed by atoms with Crippen LogP contribution in [0.15, 0.2) is 24.3 Å². The lowest BCUT2D eigenvalue weighted by atomic mass is 10.1. The second-order valence-electron chi connectivity index (χ2n) is 7.14. The van der Waals surface area contributed by atoms with E-state index in [2.05, 4.69) is 10.4 Å². The van der Waals surface area contributed by atoms with Crippen LogP contribution in [-0.2, 0) is 16.1 Å². The monoisotopic (exact) mass is 374 g/mol. The zero-order valence-corrected chi connectivity index (χ0v) is 15.6. The largest absolute Gasteiger partial charge is 0.352 e. The third kappa shape index (κ3) is 3.84. The summed E-state index contributed by atoms with van der Waals surface area (Å²) in [4.78, 5) is 38.3. The summed E-state index contributed by atoms with van der Waals surface area (Å²) in [6.45, 7) is 4.76. The molecule has 0 radical (unpaired) electrons. The van der Waals surface area contributed by atoms with E-state index in [1.165, 1.54) is 16.5 Å². The van der Waals surface area contributed by atoms with Crippen molar-refractivity contribution < 1.29 is 18.8 Å². The number of hydrogen-bond donors (Lipinski definition) is 1. The van der Waals surface area contributed by atoms with Crippen molar-refractivity contribution in [2.45, 2.75) is 52.0 Å². The van der Waals surface area contributed by atoms with Gasteiger partial charge in [-0.05, 0) is 19.9 Å². The number of amides is 2. The molecule has 0 aliphatic carbocycles. The van der Waals surface area contributed by atoms with Crippen molar-refractivity contribution in [3.05, 3.63) is 30.0 Å². The summed E-state index contributed by atoms with van der Waals surface area (Å²) in [6.07, 6.45) is -1.25. The van der Waals surface area contributed by atoms with Gasteiger partial charge in [0.2, 0.25) is 11.8 Å². The molecule has 8 heteroatoms. The normalized spacial score (nSPS) is 19.7. The third-order valence-corrected chi connectivity index (χ3v) is 4.58. The first-order valence-electron chi connectivity index (χ1n) is 8.98. The molecule has 144 valence electrons. The van der Waals surface area contributed by atoms with Gasteiger partial charge in [0.05, 0.1) is 12.1 Å². The highest BCUT2D eigenvalue weighted by Crippen LogP contribution is 2.23. The Morgan fingerprint density at radius 3 is 2.67 bits per heavy atom. The zero-order valence-electron chi connectivity index (χ0n) is 15.6. The van der Waals surface area contributed by atoms with E-state index in [1.54, 1.807) is 24.3 Å². The van der Waals surface area contributed by atoms with Gasteiger partial charge in [-0.25, -0.2) is 4.39 Å². The Morgan fingerprint density at radius 1 is 1.30 bits per heavy atom. The Hall–Kier alpha value is -2.77. The Kier molecular flexibility index (Phi) is 5.25. The summed E-state index contributed by atoms with van der Waals surface area (Å²) in [5.74, 6) is -0.952. The van der Waals surface area contributed by atoms with Gasteiger partial charge in [0.15, 0.2) is 5.78 Å². The molecule has 0 saturated carbocycles. The predicted octanol–water partition coefficient (Wildman–Crippen LogP) is 1.70. The van der Waals surface area contributed by atoms with Crippen LogP contribution in [0.4, 0.5) is 4.39 Å². The molecule has 27 heavy (non-hydrogen) atoms. The number of carbonyl (C=O) groups is 3. The Labute approximate surface area is 156 Å². The second kappa shape index (κ2) is 7.46. The zero-order chi connectivity index (χ0) is 19.7. The van der Waals surface area contributed by atoms with E-state index >= 15 is 0 Å². The van der Waals surface area contributed by atoms with Gasteiger partial charge >= 0.3 is 0 Å². The number of carbonyl (C=O) groups excluding carboxylic acids is 3. The van der Waals surface area contributed by atoms with E-state index in [0.29, 0.717) is 10.9 Å². The number of aromatic nitrogens is 2. The van der Waals surface area contributed by atoms with Gasteiger partial charge in [-0.15, -0.1) is 0 Å². The maximum atomic E-state index is 13.9. The minimum atomic E-state index is -1.24. The molecule has 1 aromatic heterocycles. The molecule has 1 N–H and O–H groups in total. The number of ketones is 1. The highest BCUT2D eigenvalue weighted by molar-refractivity contribution is 6.05. The van der Waals surface area contributed by atoms with Crippen molar-refractivity contribution >= 4 is 28.5 Å². The molecule has 1 aromatic carbocycles. The number of rotatable bonds is 5. The van der Waals surface area contributed by atoms with Crippen LogP contribution in [0.25, 0.3) is 10.9 Å². The molecule has 0 bridgehead atoms. The second-order valence-corrected chi connectivity index (χ2v) is 7.14. The van der Waals surface area contributed by atoms with Crippen molar-refractivity contribution in [1.82, 2.24) is 20.0 Å². The van der Waals surface area contributed by atoms with E-state index in [9.17, 15) is 18.8 Å². The smallest absolute Gasteiger partial charge is 0.245 e. The van der Waals surface area contributed by atoms with Gasteiger partial charge in [-0.2, -0.15) is 5.10 Å². The van der Waals surface area contributed by atoms with Crippen LogP contribution in [0.5, 0.6) is 0 Å². The molecule has 1 saturated heterocycles. The molecule has 3 rings (SSSR count). The number of benzene rings is 1. The molecule has 2 amide bonds. The van der Waals surface area contributed by atoms with Crippen LogP contribution in [-0.4, -0.2) is 57.1 Å². The molecule has 2 atom stereocenters. The number of nitrogens with one attached hydrogen (secondary N) is 1. The predicted molar refractivity (Wildman–Crippen MR) is 98.0 cm³/mol. The number of halogens is 1. The van der Waals surface area contributed by atoms with Crippen LogP contribution < -0.4 is 5.32 Å². The molecule has 2 heterocycles. The Bertz CT molecular complexity index is 892. The summed E-state index contributed by atoms with van der Waals surface area (Å²) in [5.41, 5.74) is 0.938. The number of hydrogen-bond acceptors (Lipinski definition) is 4. The van der Waals surface area contributed by atoms with Crippen LogP contribution in [0.1, 0.15) is 37.7 Å². The highest BCUT2D eigenvalue weighted by Gasteiger charge is 2.40. The summed E-state index contributed by atoms with van der Waals surface area (Å²) >= 11 is 0. The lowest BCUT2D eigenvalue weighted by molar-refractivity contribution is -0.139. The molecule has 7 nitrogen and oxygen atoms in total. The maximum absolute atomic E-state index is 13.9. The number of alkyl halides is 1. The van der Waals surface area contributed by atoms with Crippen LogP contribution >= 0.6 is 0 Å². The van der Waals surface area contributed by atoms with Crippen molar-refractivity contribution in [2.75, 3.05) is 6.54 Å². The van der Waals surface area contributed by atoms with Gasteiger partial charge in [-0.1, -0.05) is 18.2 Å². The Morgan fingerprint density at radius 2 is 2.00 bits per heavy atom. The first-order chi connectivity index (χ1) is 12.8. The molecule has 1 unspecified atom stereocenters. The van der Waals surface area contributed by atoms with Crippen LogP contribution in [0, 0.1) is 0 Å². The first kappa shape index (κ1) is 19.0. The summed E-state index contributed by atoms with van der Waals surface area (Å²) in [5, 5.41) is 7.66. The van der Waals surface area contributed by atoms with E-state index in [4.69, 9.17) is 0 Å². The lowest BCUT2D eigenvalue weighted by Gasteiger charge is -2.24. The minimum absolute atomic E-state index is 0.0111. The summed E-state index contributed by atoms with van der Waals surface area (Å²) in [7, 11) is 0. The fraction of sp³-hybridized carbons (Fsp3) is 0.474. The molecule has 1 fully saturated rings. The van der Waals surface area contributed by atoms with Gasteiger partial charge in [-0.3, -0.25) is 19.1 Å². The minimum Gasteiger partial charge on any atom is -0.352 e. The number of nitrogens with zero attached hydrogens (tertiary/aromatic N) is 3. The number of fused-ring (bicyclic) bond motifs is 1. The highest BCUT2D eigenvalue weighted by atomic mass is 19.1. The average molecular weight is 374 g/mol. The number of Topliss-reactive ketones (excluding diaryl/α,β-unsaturated/α-hetero) is 1. The summed E-state index contributed by atoms with van der Waals surface area (Å²) < 4.78 is 15.4. The van der Waals surface area contributed by atoms with Crippen LogP contribution in [0.3, 0.4) is 0 Å². The van der Waals surface area contributed by atoms with Crippen LogP contribution in [0.2, 0.25) is 0 Å². The number of para-hydroxylation sites is 1. The molecular weight excluding hydrogens is 351 g/mol. The first-order valence-corrected chi connectivity index (χ1v) is 8.98. The molecular formula is C19H23FN4O3. The Balaban J connectivity index is 1.85. The van der Waals surface area contributed by atoms with E-state index < -0.39 is 18.1 Å². The van der Waals surface area contributed by atoms with Crippen molar-refractivity contribution in [1.29, 1.82) is 0 Å².